The van der Waals surface area contributed by atoms with Gasteiger partial charge in [-0.05, 0) is 51.7 Å². The largest absolute Gasteiger partial charge is 0.324 e. The lowest BCUT2D eigenvalue weighted by Gasteiger charge is -2.15. The standard InChI is InChI=1S/C14H10BrCl2F2N/c15-13-8(2-4-11(18)14(13)19)12(20)6-7-1-3-9(16)10(17)5-7/h1-5,12H,6,20H2. The van der Waals surface area contributed by atoms with Crippen molar-refractivity contribution >= 4 is 39.1 Å². The van der Waals surface area contributed by atoms with E-state index in [1.54, 1.807) is 18.2 Å². The van der Waals surface area contributed by atoms with Gasteiger partial charge in [-0.3, -0.25) is 0 Å². The summed E-state index contributed by atoms with van der Waals surface area (Å²) >= 11 is 14.8. The monoisotopic (exact) mass is 379 g/mol. The third-order valence-electron chi connectivity index (χ3n) is 2.90. The van der Waals surface area contributed by atoms with Gasteiger partial charge in [0.05, 0.1) is 14.5 Å². The average molecular weight is 381 g/mol. The molecule has 0 heterocycles. The van der Waals surface area contributed by atoms with Crippen LogP contribution in [0, 0.1) is 11.6 Å². The fourth-order valence-corrected chi connectivity index (χ4v) is 2.79. The second-order valence-electron chi connectivity index (χ2n) is 4.32. The molecule has 0 amide bonds. The molecular weight excluding hydrogens is 371 g/mol. The Morgan fingerprint density at radius 3 is 2.45 bits per heavy atom. The van der Waals surface area contributed by atoms with Crippen LogP contribution in [0.15, 0.2) is 34.8 Å². The van der Waals surface area contributed by atoms with Crippen LogP contribution in [0.4, 0.5) is 8.78 Å². The minimum atomic E-state index is -0.938. The molecule has 0 bridgehead atoms. The van der Waals surface area contributed by atoms with E-state index in [0.717, 1.165) is 11.6 Å². The Kier molecular flexibility index (Phi) is 5.02. The third-order valence-corrected chi connectivity index (χ3v) is 4.45. The Morgan fingerprint density at radius 1 is 1.10 bits per heavy atom. The number of hydrogen-bond acceptors (Lipinski definition) is 1. The van der Waals surface area contributed by atoms with Gasteiger partial charge in [-0.15, -0.1) is 0 Å². The van der Waals surface area contributed by atoms with E-state index in [1.807, 2.05) is 0 Å². The lowest BCUT2D eigenvalue weighted by molar-refractivity contribution is 0.500. The van der Waals surface area contributed by atoms with Crippen LogP contribution < -0.4 is 5.73 Å². The summed E-state index contributed by atoms with van der Waals surface area (Å²) in [5.74, 6) is -1.85. The molecule has 0 spiro atoms. The number of hydrogen-bond donors (Lipinski definition) is 1. The maximum atomic E-state index is 13.5. The number of benzene rings is 2. The second kappa shape index (κ2) is 6.39. The first kappa shape index (κ1) is 15.7. The van der Waals surface area contributed by atoms with E-state index in [1.165, 1.54) is 6.07 Å². The van der Waals surface area contributed by atoms with Crippen LogP contribution in [0.3, 0.4) is 0 Å². The zero-order valence-corrected chi connectivity index (χ0v) is 13.2. The van der Waals surface area contributed by atoms with Gasteiger partial charge in [0.15, 0.2) is 11.6 Å². The van der Waals surface area contributed by atoms with Crippen molar-refractivity contribution in [2.45, 2.75) is 12.5 Å². The molecule has 2 aromatic rings. The molecule has 1 atom stereocenters. The maximum absolute atomic E-state index is 13.5. The summed E-state index contributed by atoms with van der Waals surface area (Å²) in [6.07, 6.45) is 0.431. The van der Waals surface area contributed by atoms with Crippen molar-refractivity contribution < 1.29 is 8.78 Å². The van der Waals surface area contributed by atoms with Crippen molar-refractivity contribution in [3.63, 3.8) is 0 Å². The first-order valence-corrected chi connectivity index (χ1v) is 7.28. The van der Waals surface area contributed by atoms with Crippen molar-refractivity contribution in [1.82, 2.24) is 0 Å². The summed E-state index contributed by atoms with van der Waals surface area (Å²) in [5.41, 5.74) is 7.40. The van der Waals surface area contributed by atoms with Gasteiger partial charge in [0.2, 0.25) is 0 Å². The molecule has 0 saturated carbocycles. The quantitative estimate of drug-likeness (QED) is 0.720. The molecule has 0 saturated heterocycles. The van der Waals surface area contributed by atoms with Gasteiger partial charge in [0.25, 0.3) is 0 Å². The lowest BCUT2D eigenvalue weighted by Crippen LogP contribution is -2.15. The molecule has 1 unspecified atom stereocenters. The molecule has 0 radical (unpaired) electrons. The molecule has 0 aliphatic rings. The van der Waals surface area contributed by atoms with Gasteiger partial charge in [-0.25, -0.2) is 8.78 Å². The Hall–Kier alpha value is -0.680. The van der Waals surface area contributed by atoms with E-state index in [9.17, 15) is 8.78 Å². The Morgan fingerprint density at radius 2 is 1.80 bits per heavy atom. The molecule has 0 fully saturated rings. The van der Waals surface area contributed by atoms with Crippen LogP contribution in [0.1, 0.15) is 17.2 Å². The molecule has 2 aromatic carbocycles. The maximum Gasteiger partial charge on any atom is 0.173 e. The minimum Gasteiger partial charge on any atom is -0.324 e. The normalized spacial score (nSPS) is 12.5. The van der Waals surface area contributed by atoms with Gasteiger partial charge in [0.1, 0.15) is 0 Å². The van der Waals surface area contributed by atoms with Crippen LogP contribution in [-0.4, -0.2) is 0 Å². The van der Waals surface area contributed by atoms with E-state index in [-0.39, 0.29) is 4.47 Å². The van der Waals surface area contributed by atoms with E-state index in [4.69, 9.17) is 28.9 Å². The number of rotatable bonds is 3. The molecule has 0 aromatic heterocycles. The summed E-state index contributed by atoms with van der Waals surface area (Å²) in [5, 5.41) is 0.888. The first-order valence-electron chi connectivity index (χ1n) is 5.73. The van der Waals surface area contributed by atoms with Gasteiger partial charge in [-0.2, -0.15) is 0 Å². The van der Waals surface area contributed by atoms with E-state index in [2.05, 4.69) is 15.9 Å². The molecular formula is C14H10BrCl2F2N. The molecule has 0 aliphatic heterocycles. The van der Waals surface area contributed by atoms with Crippen molar-refractivity contribution in [3.05, 3.63) is 67.6 Å². The van der Waals surface area contributed by atoms with E-state index >= 15 is 0 Å². The highest BCUT2D eigenvalue weighted by Crippen LogP contribution is 2.30. The van der Waals surface area contributed by atoms with E-state index < -0.39 is 17.7 Å². The highest BCUT2D eigenvalue weighted by molar-refractivity contribution is 9.10. The van der Waals surface area contributed by atoms with Crippen molar-refractivity contribution in [1.29, 1.82) is 0 Å². The molecule has 0 aliphatic carbocycles. The predicted molar refractivity (Wildman–Crippen MR) is 81.2 cm³/mol. The number of halogens is 5. The van der Waals surface area contributed by atoms with E-state index in [0.29, 0.717) is 22.0 Å². The van der Waals surface area contributed by atoms with Crippen LogP contribution >= 0.6 is 39.1 Å². The van der Waals surface area contributed by atoms with Gasteiger partial charge in [0, 0.05) is 6.04 Å². The molecule has 106 valence electrons. The van der Waals surface area contributed by atoms with Crippen LogP contribution in [-0.2, 0) is 6.42 Å². The molecule has 2 rings (SSSR count). The molecule has 2 N–H and O–H groups in total. The first-order chi connectivity index (χ1) is 9.40. The summed E-state index contributed by atoms with van der Waals surface area (Å²) in [6, 6.07) is 7.21. The zero-order chi connectivity index (χ0) is 14.9. The third kappa shape index (κ3) is 3.31. The Labute approximate surface area is 133 Å². The van der Waals surface area contributed by atoms with Crippen LogP contribution in [0.5, 0.6) is 0 Å². The zero-order valence-electron chi connectivity index (χ0n) is 10.1. The smallest absolute Gasteiger partial charge is 0.173 e. The Bertz CT molecular complexity index is 649. The van der Waals surface area contributed by atoms with Crippen molar-refractivity contribution in [3.8, 4) is 0 Å². The Balaban J connectivity index is 2.26. The molecule has 20 heavy (non-hydrogen) atoms. The number of nitrogens with two attached hydrogens (primary N) is 1. The second-order valence-corrected chi connectivity index (χ2v) is 5.93. The average Bonchev–Trinajstić information content (AvgIpc) is 2.40. The summed E-state index contributed by atoms with van der Waals surface area (Å²) in [4.78, 5) is 0. The van der Waals surface area contributed by atoms with Crippen LogP contribution in [0.25, 0.3) is 0 Å². The van der Waals surface area contributed by atoms with Crippen LogP contribution in [0.2, 0.25) is 10.0 Å². The fourth-order valence-electron chi connectivity index (χ4n) is 1.86. The van der Waals surface area contributed by atoms with Gasteiger partial charge < -0.3 is 5.73 Å². The SMILES string of the molecule is NC(Cc1ccc(Cl)c(Cl)c1)c1ccc(F)c(F)c1Br. The topological polar surface area (TPSA) is 26.0 Å². The summed E-state index contributed by atoms with van der Waals surface area (Å²) in [7, 11) is 0. The predicted octanol–water partition coefficient (Wildman–Crippen LogP) is 5.28. The van der Waals surface area contributed by atoms with Gasteiger partial charge in [-0.1, -0.05) is 35.3 Å². The highest BCUT2D eigenvalue weighted by Gasteiger charge is 2.17. The fraction of sp³-hybridized carbons (Fsp3) is 0.143. The minimum absolute atomic E-state index is 0.0464. The molecule has 1 nitrogen and oxygen atoms in total. The summed E-state index contributed by atoms with van der Waals surface area (Å²) < 4.78 is 26.6. The highest BCUT2D eigenvalue weighted by atomic mass is 79.9. The lowest BCUT2D eigenvalue weighted by atomic mass is 9.99. The molecule has 6 heteroatoms. The van der Waals surface area contributed by atoms with Crippen molar-refractivity contribution in [2.24, 2.45) is 5.73 Å². The summed E-state index contributed by atoms with van der Waals surface area (Å²) in [6.45, 7) is 0. The van der Waals surface area contributed by atoms with Crippen molar-refractivity contribution in [2.75, 3.05) is 0 Å². The van der Waals surface area contributed by atoms with Gasteiger partial charge >= 0.3 is 0 Å².